The lowest BCUT2D eigenvalue weighted by Crippen LogP contribution is -2.24. The summed E-state index contributed by atoms with van der Waals surface area (Å²) >= 11 is 7.51. The van der Waals surface area contributed by atoms with Crippen molar-refractivity contribution in [1.82, 2.24) is 15.3 Å². The van der Waals surface area contributed by atoms with E-state index in [2.05, 4.69) is 20.6 Å². The maximum absolute atomic E-state index is 12.0. The molecule has 0 saturated heterocycles. The Morgan fingerprint density at radius 3 is 2.79 bits per heavy atom. The van der Waals surface area contributed by atoms with E-state index in [1.165, 1.54) is 11.3 Å². The first-order valence-corrected chi connectivity index (χ1v) is 8.59. The van der Waals surface area contributed by atoms with Crippen LogP contribution in [0.25, 0.3) is 0 Å². The quantitative estimate of drug-likeness (QED) is 0.703. The standard InChI is InChI=1S/C17H15ClN4OS/c18-14-6-2-1-5-12(14)10-20-16(23)9-13-11-24-17(21-13)22-15-7-3-4-8-19-15/h1-8,11H,9-10H2,(H,20,23)(H,19,21,22). The topological polar surface area (TPSA) is 66.9 Å². The van der Waals surface area contributed by atoms with Crippen molar-refractivity contribution in [3.8, 4) is 0 Å². The smallest absolute Gasteiger partial charge is 0.226 e. The van der Waals surface area contributed by atoms with Crippen LogP contribution in [0.2, 0.25) is 5.02 Å². The first kappa shape index (κ1) is 16.4. The third-order valence-corrected chi connectivity index (χ3v) is 4.40. The Bertz CT molecular complexity index is 822. The lowest BCUT2D eigenvalue weighted by Gasteiger charge is -2.06. The summed E-state index contributed by atoms with van der Waals surface area (Å²) in [6, 6.07) is 13.0. The van der Waals surface area contributed by atoms with E-state index in [1.54, 1.807) is 12.3 Å². The van der Waals surface area contributed by atoms with E-state index in [-0.39, 0.29) is 12.3 Å². The third kappa shape index (κ3) is 4.53. The minimum Gasteiger partial charge on any atom is -0.352 e. The van der Waals surface area contributed by atoms with Gasteiger partial charge in [0.25, 0.3) is 0 Å². The van der Waals surface area contributed by atoms with Gasteiger partial charge >= 0.3 is 0 Å². The first-order chi connectivity index (χ1) is 11.7. The molecule has 2 heterocycles. The lowest BCUT2D eigenvalue weighted by atomic mass is 10.2. The summed E-state index contributed by atoms with van der Waals surface area (Å²) in [6.07, 6.45) is 1.93. The van der Waals surface area contributed by atoms with Gasteiger partial charge in [0.05, 0.1) is 12.1 Å². The van der Waals surface area contributed by atoms with Crippen LogP contribution < -0.4 is 10.6 Å². The van der Waals surface area contributed by atoms with E-state index >= 15 is 0 Å². The third-order valence-electron chi connectivity index (χ3n) is 3.23. The number of carbonyl (C=O) groups is 1. The monoisotopic (exact) mass is 358 g/mol. The predicted molar refractivity (Wildman–Crippen MR) is 96.6 cm³/mol. The highest BCUT2D eigenvalue weighted by atomic mass is 35.5. The lowest BCUT2D eigenvalue weighted by molar-refractivity contribution is -0.120. The van der Waals surface area contributed by atoms with Gasteiger partial charge in [-0.2, -0.15) is 0 Å². The number of hydrogen-bond acceptors (Lipinski definition) is 5. The molecule has 3 rings (SSSR count). The van der Waals surface area contributed by atoms with Crippen LogP contribution >= 0.6 is 22.9 Å². The fourth-order valence-electron chi connectivity index (χ4n) is 2.05. The van der Waals surface area contributed by atoms with Gasteiger partial charge in [-0.15, -0.1) is 11.3 Å². The summed E-state index contributed by atoms with van der Waals surface area (Å²) in [5.41, 5.74) is 1.61. The van der Waals surface area contributed by atoms with Crippen LogP contribution in [0.3, 0.4) is 0 Å². The number of aromatic nitrogens is 2. The van der Waals surface area contributed by atoms with Crippen molar-refractivity contribution in [1.29, 1.82) is 0 Å². The molecular formula is C17H15ClN4OS. The minimum absolute atomic E-state index is 0.0930. The Labute approximate surface area is 148 Å². The number of halogens is 1. The zero-order valence-electron chi connectivity index (χ0n) is 12.7. The molecule has 0 aliphatic rings. The summed E-state index contributed by atoms with van der Waals surface area (Å²) in [5.74, 6) is 0.631. The summed E-state index contributed by atoms with van der Waals surface area (Å²) in [6.45, 7) is 0.404. The van der Waals surface area contributed by atoms with E-state index in [1.807, 2.05) is 41.8 Å². The van der Waals surface area contributed by atoms with Crippen molar-refractivity contribution in [2.45, 2.75) is 13.0 Å². The van der Waals surface area contributed by atoms with Crippen LogP contribution in [0.15, 0.2) is 54.0 Å². The Morgan fingerprint density at radius 1 is 1.17 bits per heavy atom. The van der Waals surface area contributed by atoms with Gasteiger partial charge in [-0.3, -0.25) is 4.79 Å². The van der Waals surface area contributed by atoms with Gasteiger partial charge < -0.3 is 10.6 Å². The number of hydrogen-bond donors (Lipinski definition) is 2. The largest absolute Gasteiger partial charge is 0.352 e. The second kappa shape index (κ2) is 7.90. The summed E-state index contributed by atoms with van der Waals surface area (Å²) in [5, 5.41) is 9.18. The fraction of sp³-hybridized carbons (Fsp3) is 0.118. The van der Waals surface area contributed by atoms with Crippen LogP contribution in [0.4, 0.5) is 10.9 Å². The average Bonchev–Trinajstić information content (AvgIpc) is 3.02. The molecule has 2 N–H and O–H groups in total. The van der Waals surface area contributed by atoms with Gasteiger partial charge in [-0.1, -0.05) is 35.9 Å². The molecule has 5 nitrogen and oxygen atoms in total. The van der Waals surface area contributed by atoms with Crippen molar-refractivity contribution in [2.24, 2.45) is 0 Å². The molecule has 7 heteroatoms. The number of pyridine rings is 1. The van der Waals surface area contributed by atoms with Crippen LogP contribution in [0.5, 0.6) is 0 Å². The van der Waals surface area contributed by atoms with E-state index in [0.717, 1.165) is 17.1 Å². The molecule has 0 aliphatic heterocycles. The minimum atomic E-state index is -0.0930. The van der Waals surface area contributed by atoms with Gasteiger partial charge in [-0.25, -0.2) is 9.97 Å². The zero-order valence-corrected chi connectivity index (χ0v) is 14.3. The number of thiazole rings is 1. The normalized spacial score (nSPS) is 10.4. The molecule has 0 spiro atoms. The van der Waals surface area contributed by atoms with E-state index in [0.29, 0.717) is 16.7 Å². The maximum Gasteiger partial charge on any atom is 0.226 e. The fourth-order valence-corrected chi connectivity index (χ4v) is 2.97. The summed E-state index contributed by atoms with van der Waals surface area (Å²) in [7, 11) is 0. The van der Waals surface area contributed by atoms with Crippen molar-refractivity contribution in [3.63, 3.8) is 0 Å². The van der Waals surface area contributed by atoms with Crippen molar-refractivity contribution in [3.05, 3.63) is 70.3 Å². The second-order valence-electron chi connectivity index (χ2n) is 5.03. The molecule has 2 aromatic heterocycles. The molecule has 0 unspecified atom stereocenters. The number of amides is 1. The maximum atomic E-state index is 12.0. The Balaban J connectivity index is 1.53. The van der Waals surface area contributed by atoms with E-state index in [4.69, 9.17) is 11.6 Å². The highest BCUT2D eigenvalue weighted by molar-refractivity contribution is 7.13. The molecule has 1 amide bonds. The molecule has 1 aromatic carbocycles. The predicted octanol–water partition coefficient (Wildman–Crippen LogP) is 3.79. The molecule has 0 radical (unpaired) electrons. The van der Waals surface area contributed by atoms with Gasteiger partial charge in [0.1, 0.15) is 5.82 Å². The molecule has 3 aromatic rings. The number of carbonyl (C=O) groups excluding carboxylic acids is 1. The molecule has 0 atom stereocenters. The molecule has 24 heavy (non-hydrogen) atoms. The van der Waals surface area contributed by atoms with Crippen LogP contribution in [0.1, 0.15) is 11.3 Å². The van der Waals surface area contributed by atoms with Crippen LogP contribution in [-0.4, -0.2) is 15.9 Å². The number of anilines is 2. The van der Waals surface area contributed by atoms with Gasteiger partial charge in [0, 0.05) is 23.1 Å². The highest BCUT2D eigenvalue weighted by Gasteiger charge is 2.09. The Kier molecular flexibility index (Phi) is 5.40. The molecule has 0 aliphatic carbocycles. The number of nitrogens with zero attached hydrogens (tertiary/aromatic N) is 2. The van der Waals surface area contributed by atoms with E-state index < -0.39 is 0 Å². The molecular weight excluding hydrogens is 344 g/mol. The molecule has 0 fully saturated rings. The zero-order chi connectivity index (χ0) is 16.8. The van der Waals surface area contributed by atoms with Crippen molar-refractivity contribution in [2.75, 3.05) is 5.32 Å². The van der Waals surface area contributed by atoms with Gasteiger partial charge in [0.2, 0.25) is 5.91 Å². The van der Waals surface area contributed by atoms with Crippen LogP contribution in [-0.2, 0) is 17.8 Å². The summed E-state index contributed by atoms with van der Waals surface area (Å²) < 4.78 is 0. The first-order valence-electron chi connectivity index (χ1n) is 7.33. The Hall–Kier alpha value is -2.44. The second-order valence-corrected chi connectivity index (χ2v) is 6.29. The molecule has 0 bridgehead atoms. The van der Waals surface area contributed by atoms with Crippen molar-refractivity contribution < 1.29 is 4.79 Å². The van der Waals surface area contributed by atoms with Crippen LogP contribution in [0, 0.1) is 0 Å². The SMILES string of the molecule is O=C(Cc1csc(Nc2ccccn2)n1)NCc1ccccc1Cl. The number of benzene rings is 1. The highest BCUT2D eigenvalue weighted by Crippen LogP contribution is 2.20. The van der Waals surface area contributed by atoms with Gasteiger partial charge in [0.15, 0.2) is 5.13 Å². The van der Waals surface area contributed by atoms with Crippen molar-refractivity contribution >= 4 is 39.8 Å². The van der Waals surface area contributed by atoms with Gasteiger partial charge in [-0.05, 0) is 23.8 Å². The van der Waals surface area contributed by atoms with E-state index in [9.17, 15) is 4.79 Å². The molecule has 122 valence electrons. The number of rotatable bonds is 6. The number of nitrogens with one attached hydrogen (secondary N) is 2. The Morgan fingerprint density at radius 2 is 2.00 bits per heavy atom. The average molecular weight is 359 g/mol. The summed E-state index contributed by atoms with van der Waals surface area (Å²) in [4.78, 5) is 20.6. The molecule has 0 saturated carbocycles.